The number of aromatic nitrogens is 2. The van der Waals surface area contributed by atoms with Crippen LogP contribution in [0.4, 0.5) is 34.9 Å². The average molecular weight is 286 g/mol. The van der Waals surface area contributed by atoms with Gasteiger partial charge in [-0.3, -0.25) is 0 Å². The van der Waals surface area contributed by atoms with Crippen molar-refractivity contribution in [3.63, 3.8) is 0 Å². The average Bonchev–Trinajstić information content (AvgIpc) is 2.36. The largest absolute Gasteiger partial charge is 0.419 e. The van der Waals surface area contributed by atoms with Crippen molar-refractivity contribution in [2.45, 2.75) is 13.1 Å². The van der Waals surface area contributed by atoms with Crippen molar-refractivity contribution in [2.24, 2.45) is 0 Å². The molecule has 0 aliphatic rings. The zero-order chi connectivity index (χ0) is 14.9. The number of nitrogens with two attached hydrogens (primary N) is 1. The Morgan fingerprint density at radius 1 is 1.20 bits per heavy atom. The highest BCUT2D eigenvalue weighted by Gasteiger charge is 2.34. The molecule has 0 fully saturated rings. The third-order valence-electron chi connectivity index (χ3n) is 2.66. The fourth-order valence-corrected chi connectivity index (χ4v) is 1.55. The molecular formula is C12H10F4N4. The van der Waals surface area contributed by atoms with Gasteiger partial charge in [-0.2, -0.15) is 13.2 Å². The zero-order valence-corrected chi connectivity index (χ0v) is 10.3. The van der Waals surface area contributed by atoms with Gasteiger partial charge in [-0.15, -0.1) is 0 Å². The summed E-state index contributed by atoms with van der Waals surface area (Å²) in [7, 11) is 0. The van der Waals surface area contributed by atoms with Gasteiger partial charge in [0.1, 0.15) is 23.8 Å². The third kappa shape index (κ3) is 2.79. The molecule has 0 bridgehead atoms. The number of alkyl halides is 3. The molecule has 0 spiro atoms. The Labute approximate surface area is 111 Å². The van der Waals surface area contributed by atoms with Crippen LogP contribution < -0.4 is 11.1 Å². The number of hydrogen-bond acceptors (Lipinski definition) is 4. The molecule has 2 rings (SSSR count). The van der Waals surface area contributed by atoms with Gasteiger partial charge in [0.2, 0.25) is 0 Å². The monoisotopic (exact) mass is 286 g/mol. The second-order valence-electron chi connectivity index (χ2n) is 4.05. The van der Waals surface area contributed by atoms with E-state index in [-0.39, 0.29) is 17.3 Å². The maximum absolute atomic E-state index is 13.2. The molecule has 8 heteroatoms. The van der Waals surface area contributed by atoms with Crippen molar-refractivity contribution in [1.82, 2.24) is 9.97 Å². The smallest absolute Gasteiger partial charge is 0.383 e. The maximum atomic E-state index is 13.2. The molecule has 2 aromatic rings. The normalized spacial score (nSPS) is 11.4. The zero-order valence-electron chi connectivity index (χ0n) is 10.3. The number of halogens is 4. The molecule has 3 N–H and O–H groups in total. The summed E-state index contributed by atoms with van der Waals surface area (Å²) in [4.78, 5) is 7.61. The van der Waals surface area contributed by atoms with Gasteiger partial charge in [-0.25, -0.2) is 14.4 Å². The Bertz CT molecular complexity index is 640. The van der Waals surface area contributed by atoms with Gasteiger partial charge in [-0.1, -0.05) is 0 Å². The summed E-state index contributed by atoms with van der Waals surface area (Å²) in [6, 6.07) is 2.60. The molecule has 0 aliphatic carbocycles. The molecule has 0 amide bonds. The number of nitrogens with one attached hydrogen (secondary N) is 1. The summed E-state index contributed by atoms with van der Waals surface area (Å²) in [6.45, 7) is 1.62. The van der Waals surface area contributed by atoms with Crippen LogP contribution in [0.15, 0.2) is 24.5 Å². The minimum absolute atomic E-state index is 0.0555. The second-order valence-corrected chi connectivity index (χ2v) is 4.05. The van der Waals surface area contributed by atoms with Crippen LogP contribution in [-0.2, 0) is 6.18 Å². The first-order valence-corrected chi connectivity index (χ1v) is 5.50. The van der Waals surface area contributed by atoms with E-state index in [1.807, 2.05) is 0 Å². The lowest BCUT2D eigenvalue weighted by molar-refractivity contribution is -0.139. The van der Waals surface area contributed by atoms with E-state index in [2.05, 4.69) is 15.3 Å². The third-order valence-corrected chi connectivity index (χ3v) is 2.66. The van der Waals surface area contributed by atoms with E-state index in [0.717, 1.165) is 6.07 Å². The standard InChI is InChI=1S/C12H10F4N4/c1-6-10(17)18-5-19-11(6)20-7-2-3-9(13)8(4-7)12(14,15)16/h2-5H,1H3,(H3,17,18,19,20). The highest BCUT2D eigenvalue weighted by molar-refractivity contribution is 5.63. The molecule has 20 heavy (non-hydrogen) atoms. The summed E-state index contributed by atoms with van der Waals surface area (Å²) in [6.07, 6.45) is -3.58. The number of anilines is 3. The molecule has 1 aromatic heterocycles. The van der Waals surface area contributed by atoms with Crippen molar-refractivity contribution in [1.29, 1.82) is 0 Å². The van der Waals surface area contributed by atoms with Crippen LogP contribution in [0, 0.1) is 12.7 Å². The van der Waals surface area contributed by atoms with Gasteiger partial charge in [-0.05, 0) is 25.1 Å². The summed E-state index contributed by atoms with van der Waals surface area (Å²) in [5.74, 6) is -0.861. The molecule has 4 nitrogen and oxygen atoms in total. The van der Waals surface area contributed by atoms with Gasteiger partial charge < -0.3 is 11.1 Å². The van der Waals surface area contributed by atoms with Gasteiger partial charge in [0, 0.05) is 11.3 Å². The molecule has 0 saturated carbocycles. The minimum Gasteiger partial charge on any atom is -0.383 e. The SMILES string of the molecule is Cc1c(N)ncnc1Nc1ccc(F)c(C(F)(F)F)c1. The van der Waals surface area contributed by atoms with Crippen LogP contribution in [0.25, 0.3) is 0 Å². The van der Waals surface area contributed by atoms with E-state index in [1.54, 1.807) is 6.92 Å². The molecule has 0 aliphatic heterocycles. The lowest BCUT2D eigenvalue weighted by atomic mass is 10.1. The Morgan fingerprint density at radius 3 is 2.55 bits per heavy atom. The fraction of sp³-hybridized carbons (Fsp3) is 0.167. The lowest BCUT2D eigenvalue weighted by Gasteiger charge is -2.12. The van der Waals surface area contributed by atoms with Crippen molar-refractivity contribution < 1.29 is 17.6 Å². The number of hydrogen-bond donors (Lipinski definition) is 2. The van der Waals surface area contributed by atoms with Gasteiger partial charge in [0.05, 0.1) is 5.56 Å². The van der Waals surface area contributed by atoms with Gasteiger partial charge in [0.25, 0.3) is 0 Å². The molecule has 0 radical (unpaired) electrons. The van der Waals surface area contributed by atoms with Crippen molar-refractivity contribution in [2.75, 3.05) is 11.1 Å². The van der Waals surface area contributed by atoms with E-state index in [0.29, 0.717) is 11.6 Å². The van der Waals surface area contributed by atoms with Crippen LogP contribution in [-0.4, -0.2) is 9.97 Å². The van der Waals surface area contributed by atoms with Crippen LogP contribution in [0.2, 0.25) is 0 Å². The minimum atomic E-state index is -4.76. The van der Waals surface area contributed by atoms with E-state index < -0.39 is 17.6 Å². The highest BCUT2D eigenvalue weighted by Crippen LogP contribution is 2.33. The van der Waals surface area contributed by atoms with Gasteiger partial charge >= 0.3 is 6.18 Å². The second kappa shape index (κ2) is 4.95. The van der Waals surface area contributed by atoms with Crippen LogP contribution >= 0.6 is 0 Å². The first kappa shape index (κ1) is 14.0. The van der Waals surface area contributed by atoms with Crippen LogP contribution in [0.3, 0.4) is 0 Å². The summed E-state index contributed by atoms with van der Waals surface area (Å²) in [5.41, 5.74) is 4.77. The number of benzene rings is 1. The van der Waals surface area contributed by atoms with E-state index in [1.165, 1.54) is 12.4 Å². The number of nitrogen functional groups attached to an aromatic ring is 1. The van der Waals surface area contributed by atoms with E-state index in [4.69, 9.17) is 5.73 Å². The van der Waals surface area contributed by atoms with E-state index >= 15 is 0 Å². The summed E-state index contributed by atoms with van der Waals surface area (Å²) < 4.78 is 50.9. The fourth-order valence-electron chi connectivity index (χ4n) is 1.55. The molecule has 0 atom stereocenters. The quantitative estimate of drug-likeness (QED) is 0.832. The number of rotatable bonds is 2. The molecule has 1 aromatic carbocycles. The predicted molar refractivity (Wildman–Crippen MR) is 65.9 cm³/mol. The molecule has 106 valence electrons. The molecular weight excluding hydrogens is 276 g/mol. The predicted octanol–water partition coefficient (Wildman–Crippen LogP) is 3.27. The van der Waals surface area contributed by atoms with Gasteiger partial charge in [0.15, 0.2) is 0 Å². The van der Waals surface area contributed by atoms with Crippen molar-refractivity contribution >= 4 is 17.3 Å². The first-order valence-electron chi connectivity index (χ1n) is 5.50. The molecule has 0 saturated heterocycles. The maximum Gasteiger partial charge on any atom is 0.419 e. The highest BCUT2D eigenvalue weighted by atomic mass is 19.4. The van der Waals surface area contributed by atoms with Crippen molar-refractivity contribution in [3.05, 3.63) is 41.5 Å². The topological polar surface area (TPSA) is 63.8 Å². The van der Waals surface area contributed by atoms with Crippen molar-refractivity contribution in [3.8, 4) is 0 Å². The van der Waals surface area contributed by atoms with E-state index in [9.17, 15) is 17.6 Å². The lowest BCUT2D eigenvalue weighted by Crippen LogP contribution is -2.09. The Kier molecular flexibility index (Phi) is 3.47. The number of nitrogens with zero attached hydrogens (tertiary/aromatic N) is 2. The van der Waals surface area contributed by atoms with Crippen LogP contribution in [0.1, 0.15) is 11.1 Å². The Morgan fingerprint density at radius 2 is 1.90 bits per heavy atom. The Hall–Kier alpha value is -2.38. The molecule has 0 unspecified atom stereocenters. The molecule has 1 heterocycles. The first-order chi connectivity index (χ1) is 9.29. The van der Waals surface area contributed by atoms with Crippen LogP contribution in [0.5, 0.6) is 0 Å². The summed E-state index contributed by atoms with van der Waals surface area (Å²) >= 11 is 0. The summed E-state index contributed by atoms with van der Waals surface area (Å²) in [5, 5.41) is 2.65. The Balaban J connectivity index is 2.38.